The molecule has 0 aliphatic heterocycles. The van der Waals surface area contributed by atoms with Crippen LogP contribution in [0.25, 0.3) is 11.1 Å². The molecule has 0 bridgehead atoms. The van der Waals surface area contributed by atoms with Crippen LogP contribution in [0.2, 0.25) is 0 Å². The summed E-state index contributed by atoms with van der Waals surface area (Å²) in [7, 11) is 0. The maximum Gasteiger partial charge on any atom is 0.307 e. The summed E-state index contributed by atoms with van der Waals surface area (Å²) in [5.41, 5.74) is 1.91. The van der Waals surface area contributed by atoms with Crippen molar-refractivity contribution < 1.29 is 13.6 Å². The first-order valence-corrected chi connectivity index (χ1v) is 5.56. The SMILES string of the molecule is CC(F)(F)C(=O)c1ccc(-c2ccccc2)cc1. The third-order valence-corrected chi connectivity index (χ3v) is 2.65. The Bertz CT molecular complexity index is 539. The smallest absolute Gasteiger partial charge is 0.287 e. The summed E-state index contributed by atoms with van der Waals surface area (Å²) in [6.45, 7) is 0.612. The van der Waals surface area contributed by atoms with Gasteiger partial charge in [-0.25, -0.2) is 0 Å². The molecule has 0 fully saturated rings. The van der Waals surface area contributed by atoms with Crippen molar-refractivity contribution in [2.45, 2.75) is 12.8 Å². The lowest BCUT2D eigenvalue weighted by Crippen LogP contribution is -2.24. The Morgan fingerprint density at radius 3 is 1.89 bits per heavy atom. The number of carbonyl (C=O) groups excluding carboxylic acids is 1. The van der Waals surface area contributed by atoms with Crippen molar-refractivity contribution in [2.24, 2.45) is 0 Å². The number of ketones is 1. The molecule has 18 heavy (non-hydrogen) atoms. The predicted molar refractivity (Wildman–Crippen MR) is 66.8 cm³/mol. The fourth-order valence-corrected chi connectivity index (χ4v) is 1.70. The molecule has 2 aromatic rings. The highest BCUT2D eigenvalue weighted by Gasteiger charge is 2.32. The second kappa shape index (κ2) is 4.69. The van der Waals surface area contributed by atoms with E-state index in [4.69, 9.17) is 0 Å². The largest absolute Gasteiger partial charge is 0.307 e. The van der Waals surface area contributed by atoms with Crippen LogP contribution in [0.5, 0.6) is 0 Å². The lowest BCUT2D eigenvalue weighted by Gasteiger charge is -2.09. The minimum atomic E-state index is -3.33. The van der Waals surface area contributed by atoms with Crippen LogP contribution in [0.4, 0.5) is 8.78 Å². The summed E-state index contributed by atoms with van der Waals surface area (Å²) in [5, 5.41) is 0. The van der Waals surface area contributed by atoms with Gasteiger partial charge in [0.05, 0.1) is 0 Å². The van der Waals surface area contributed by atoms with Crippen LogP contribution in [-0.2, 0) is 0 Å². The van der Waals surface area contributed by atoms with E-state index < -0.39 is 11.7 Å². The molecular formula is C15H12F2O. The van der Waals surface area contributed by atoms with Crippen molar-refractivity contribution in [1.82, 2.24) is 0 Å². The molecule has 0 aliphatic carbocycles. The van der Waals surface area contributed by atoms with E-state index in [9.17, 15) is 13.6 Å². The van der Waals surface area contributed by atoms with E-state index >= 15 is 0 Å². The first-order chi connectivity index (χ1) is 8.48. The fourth-order valence-electron chi connectivity index (χ4n) is 1.70. The number of carbonyl (C=O) groups is 1. The Kier molecular flexibility index (Phi) is 3.24. The molecule has 0 aliphatic rings. The molecule has 0 amide bonds. The Labute approximate surface area is 104 Å². The molecule has 0 heterocycles. The van der Waals surface area contributed by atoms with Crippen molar-refractivity contribution in [2.75, 3.05) is 0 Å². The highest BCUT2D eigenvalue weighted by molar-refractivity contribution is 6.01. The molecule has 0 aromatic heterocycles. The van der Waals surface area contributed by atoms with Crippen LogP contribution >= 0.6 is 0 Å². The van der Waals surface area contributed by atoms with Crippen LogP contribution in [0, 0.1) is 0 Å². The molecule has 2 aromatic carbocycles. The summed E-state index contributed by atoms with van der Waals surface area (Å²) in [5.74, 6) is -4.48. The van der Waals surface area contributed by atoms with E-state index in [1.807, 2.05) is 30.3 Å². The van der Waals surface area contributed by atoms with Gasteiger partial charge in [0, 0.05) is 12.5 Å². The Morgan fingerprint density at radius 1 is 0.889 bits per heavy atom. The molecule has 0 spiro atoms. The van der Waals surface area contributed by atoms with Crippen molar-refractivity contribution in [3.63, 3.8) is 0 Å². The zero-order valence-corrected chi connectivity index (χ0v) is 9.86. The van der Waals surface area contributed by atoms with Crippen molar-refractivity contribution >= 4 is 5.78 Å². The summed E-state index contributed by atoms with van der Waals surface area (Å²) in [4.78, 5) is 11.4. The summed E-state index contributed by atoms with van der Waals surface area (Å²) in [6, 6.07) is 15.8. The van der Waals surface area contributed by atoms with Crippen LogP contribution in [0.15, 0.2) is 54.6 Å². The van der Waals surface area contributed by atoms with E-state index in [2.05, 4.69) is 0 Å². The van der Waals surface area contributed by atoms with Gasteiger partial charge in [-0.1, -0.05) is 54.6 Å². The van der Waals surface area contributed by atoms with Gasteiger partial charge < -0.3 is 0 Å². The number of rotatable bonds is 3. The van der Waals surface area contributed by atoms with Crippen LogP contribution < -0.4 is 0 Å². The Balaban J connectivity index is 2.29. The number of alkyl halides is 2. The summed E-state index contributed by atoms with van der Waals surface area (Å²) >= 11 is 0. The topological polar surface area (TPSA) is 17.1 Å². The average molecular weight is 246 g/mol. The van der Waals surface area contributed by atoms with Crippen molar-refractivity contribution in [3.05, 3.63) is 60.2 Å². The highest BCUT2D eigenvalue weighted by Crippen LogP contribution is 2.23. The van der Waals surface area contributed by atoms with Gasteiger partial charge in [0.15, 0.2) is 0 Å². The van der Waals surface area contributed by atoms with Gasteiger partial charge >= 0.3 is 5.92 Å². The number of benzene rings is 2. The molecule has 0 unspecified atom stereocenters. The lowest BCUT2D eigenvalue weighted by atomic mass is 10.0. The molecule has 2 rings (SSSR count). The number of hydrogen-bond donors (Lipinski definition) is 0. The molecule has 0 saturated heterocycles. The molecular weight excluding hydrogens is 234 g/mol. The third kappa shape index (κ3) is 2.62. The molecule has 3 heteroatoms. The lowest BCUT2D eigenvalue weighted by molar-refractivity contribution is 0.0221. The fraction of sp³-hybridized carbons (Fsp3) is 0.133. The number of halogens is 2. The zero-order chi connectivity index (χ0) is 13.2. The minimum absolute atomic E-state index is 0.0298. The maximum atomic E-state index is 12.9. The molecule has 0 radical (unpaired) electrons. The van der Waals surface area contributed by atoms with Crippen LogP contribution in [-0.4, -0.2) is 11.7 Å². The number of Topliss-reactive ketones (excluding diaryl/α,β-unsaturated/α-hetero) is 1. The summed E-state index contributed by atoms with van der Waals surface area (Å²) in [6.07, 6.45) is 0. The second-order valence-corrected chi connectivity index (χ2v) is 4.16. The minimum Gasteiger partial charge on any atom is -0.287 e. The van der Waals surface area contributed by atoms with E-state index in [0.29, 0.717) is 6.92 Å². The number of hydrogen-bond acceptors (Lipinski definition) is 1. The maximum absolute atomic E-state index is 12.9. The van der Waals surface area contributed by atoms with Gasteiger partial charge in [0.2, 0.25) is 5.78 Å². The van der Waals surface area contributed by atoms with Gasteiger partial charge in [-0.15, -0.1) is 0 Å². The zero-order valence-electron chi connectivity index (χ0n) is 9.86. The van der Waals surface area contributed by atoms with Crippen molar-refractivity contribution in [3.8, 4) is 11.1 Å². The second-order valence-electron chi connectivity index (χ2n) is 4.16. The van der Waals surface area contributed by atoms with Gasteiger partial charge in [-0.2, -0.15) is 8.78 Å². The van der Waals surface area contributed by atoms with E-state index in [-0.39, 0.29) is 5.56 Å². The predicted octanol–water partition coefficient (Wildman–Crippen LogP) is 4.19. The first-order valence-electron chi connectivity index (χ1n) is 5.56. The van der Waals surface area contributed by atoms with E-state index in [1.54, 1.807) is 12.1 Å². The van der Waals surface area contributed by atoms with E-state index in [0.717, 1.165) is 11.1 Å². The Morgan fingerprint density at radius 2 is 1.39 bits per heavy atom. The average Bonchev–Trinajstić information content (AvgIpc) is 2.38. The first kappa shape index (κ1) is 12.4. The molecule has 0 atom stereocenters. The standard InChI is InChI=1S/C15H12F2O/c1-15(16,17)14(18)13-9-7-12(8-10-13)11-5-3-2-4-6-11/h2-10H,1H3. The third-order valence-electron chi connectivity index (χ3n) is 2.65. The van der Waals surface area contributed by atoms with Gasteiger partial charge in [0.1, 0.15) is 0 Å². The molecule has 0 N–H and O–H groups in total. The van der Waals surface area contributed by atoms with Gasteiger partial charge in [-0.05, 0) is 11.1 Å². The molecule has 92 valence electrons. The normalized spacial score (nSPS) is 11.3. The summed E-state index contributed by atoms with van der Waals surface area (Å²) < 4.78 is 25.8. The molecule has 0 saturated carbocycles. The quantitative estimate of drug-likeness (QED) is 0.742. The molecule has 1 nitrogen and oxygen atoms in total. The van der Waals surface area contributed by atoms with Crippen LogP contribution in [0.3, 0.4) is 0 Å². The van der Waals surface area contributed by atoms with Crippen molar-refractivity contribution in [1.29, 1.82) is 0 Å². The van der Waals surface area contributed by atoms with Gasteiger partial charge in [0.25, 0.3) is 0 Å². The highest BCUT2D eigenvalue weighted by atomic mass is 19.3. The van der Waals surface area contributed by atoms with Crippen LogP contribution in [0.1, 0.15) is 17.3 Å². The van der Waals surface area contributed by atoms with Gasteiger partial charge in [-0.3, -0.25) is 4.79 Å². The Hall–Kier alpha value is -2.03. The monoisotopic (exact) mass is 246 g/mol. The van der Waals surface area contributed by atoms with E-state index in [1.165, 1.54) is 12.1 Å².